The maximum absolute atomic E-state index is 14.0. The van der Waals surface area contributed by atoms with Crippen molar-refractivity contribution in [3.63, 3.8) is 0 Å². The van der Waals surface area contributed by atoms with Crippen LogP contribution in [0.1, 0.15) is 5.56 Å². The van der Waals surface area contributed by atoms with Crippen LogP contribution in [0.2, 0.25) is 5.02 Å². The highest BCUT2D eigenvalue weighted by Gasteiger charge is 2.26. The molecule has 1 atom stereocenters. The molecule has 5 aromatic rings. The molecule has 0 aliphatic carbocycles. The summed E-state index contributed by atoms with van der Waals surface area (Å²) < 4.78 is 14.0. The molecule has 0 fully saturated rings. The zero-order chi connectivity index (χ0) is 20.7. The Morgan fingerprint density at radius 2 is 1.30 bits per heavy atom. The van der Waals surface area contributed by atoms with Crippen molar-refractivity contribution >= 4 is 44.3 Å². The third-order valence-corrected chi connectivity index (χ3v) is 7.15. The largest absolute Gasteiger partial charge is 0.606 e. The number of hydrogen-bond donors (Lipinski definition) is 0. The van der Waals surface area contributed by atoms with E-state index in [-0.39, 0.29) is 0 Å². The van der Waals surface area contributed by atoms with Gasteiger partial charge in [0.2, 0.25) is 0 Å². The van der Waals surface area contributed by atoms with Crippen LogP contribution in [-0.4, -0.2) is 4.55 Å². The fraction of sp³-hybridized carbons (Fsp3) is 0.0370. The van der Waals surface area contributed by atoms with Crippen LogP contribution in [-0.2, 0) is 11.2 Å². The molecule has 0 N–H and O–H groups in total. The lowest BCUT2D eigenvalue weighted by Gasteiger charge is -2.20. The van der Waals surface area contributed by atoms with Gasteiger partial charge in [-0.1, -0.05) is 90.0 Å². The second-order valence-corrected chi connectivity index (χ2v) is 9.24. The normalized spacial score (nSPS) is 12.4. The molecule has 0 amide bonds. The zero-order valence-electron chi connectivity index (χ0n) is 16.4. The van der Waals surface area contributed by atoms with E-state index in [1.54, 1.807) is 0 Å². The predicted molar refractivity (Wildman–Crippen MR) is 128 cm³/mol. The van der Waals surface area contributed by atoms with Crippen molar-refractivity contribution in [2.45, 2.75) is 16.7 Å². The van der Waals surface area contributed by atoms with Gasteiger partial charge in [-0.25, -0.2) is 0 Å². The van der Waals surface area contributed by atoms with Gasteiger partial charge in [0, 0.05) is 27.1 Å². The lowest BCUT2D eigenvalue weighted by molar-refractivity contribution is 0.596. The fourth-order valence-electron chi connectivity index (χ4n) is 4.00. The first-order chi connectivity index (χ1) is 14.6. The third-order valence-electron chi connectivity index (χ3n) is 5.42. The van der Waals surface area contributed by atoms with E-state index in [0.717, 1.165) is 48.0 Å². The molecule has 5 rings (SSSR count). The van der Waals surface area contributed by atoms with E-state index in [1.807, 2.05) is 79.7 Å². The van der Waals surface area contributed by atoms with Crippen molar-refractivity contribution in [3.8, 4) is 11.1 Å². The first-order valence-electron chi connectivity index (χ1n) is 9.81. The van der Waals surface area contributed by atoms with Gasteiger partial charge in [0.15, 0.2) is 9.79 Å². The van der Waals surface area contributed by atoms with Crippen LogP contribution in [0.25, 0.3) is 32.7 Å². The Labute approximate surface area is 184 Å². The molecule has 0 spiro atoms. The minimum absolute atomic E-state index is 0.638. The van der Waals surface area contributed by atoms with E-state index in [1.165, 1.54) is 0 Å². The average Bonchev–Trinajstić information content (AvgIpc) is 2.78. The zero-order valence-corrected chi connectivity index (χ0v) is 18.0. The topological polar surface area (TPSA) is 23.1 Å². The molecule has 0 bridgehead atoms. The molecule has 0 heterocycles. The van der Waals surface area contributed by atoms with Gasteiger partial charge in [-0.3, -0.25) is 0 Å². The summed E-state index contributed by atoms with van der Waals surface area (Å²) in [7, 11) is 0. The highest BCUT2D eigenvalue weighted by molar-refractivity contribution is 7.92. The Morgan fingerprint density at radius 1 is 0.667 bits per heavy atom. The Kier molecular flexibility index (Phi) is 5.00. The van der Waals surface area contributed by atoms with Crippen LogP contribution in [0, 0.1) is 6.92 Å². The molecule has 5 aromatic carbocycles. The molecule has 0 saturated carbocycles. The minimum Gasteiger partial charge on any atom is -0.606 e. The van der Waals surface area contributed by atoms with Crippen molar-refractivity contribution in [3.05, 3.63) is 108 Å². The Bertz CT molecular complexity index is 1360. The van der Waals surface area contributed by atoms with Crippen molar-refractivity contribution < 1.29 is 4.55 Å². The summed E-state index contributed by atoms with van der Waals surface area (Å²) in [6.45, 7) is 2.04. The van der Waals surface area contributed by atoms with E-state index >= 15 is 0 Å². The number of aryl methyl sites for hydroxylation is 1. The minimum atomic E-state index is -1.36. The first-order valence-corrected chi connectivity index (χ1v) is 11.3. The summed E-state index contributed by atoms with van der Waals surface area (Å²) in [5.74, 6) is 0. The fourth-order valence-corrected chi connectivity index (χ4v) is 5.57. The molecule has 1 unspecified atom stereocenters. The molecule has 146 valence electrons. The van der Waals surface area contributed by atoms with Gasteiger partial charge < -0.3 is 4.55 Å². The van der Waals surface area contributed by atoms with Crippen LogP contribution in [0.4, 0.5) is 0 Å². The highest BCUT2D eigenvalue weighted by Crippen LogP contribution is 2.44. The van der Waals surface area contributed by atoms with Crippen LogP contribution < -0.4 is 0 Å². The lowest BCUT2D eigenvalue weighted by atomic mass is 9.93. The van der Waals surface area contributed by atoms with Gasteiger partial charge in [0.25, 0.3) is 0 Å². The summed E-state index contributed by atoms with van der Waals surface area (Å²) in [6.07, 6.45) is 0. The van der Waals surface area contributed by atoms with Crippen LogP contribution in [0.5, 0.6) is 0 Å². The monoisotopic (exact) mass is 426 g/mol. The summed E-state index contributed by atoms with van der Waals surface area (Å²) in [5, 5.41) is 4.85. The molecule has 0 aliphatic rings. The van der Waals surface area contributed by atoms with E-state index in [4.69, 9.17) is 11.6 Å². The Balaban J connectivity index is 1.95. The SMILES string of the molecule is Cc1ccc([S+]([O-])c2c(-c3ccccc3)c3ccccc3c3ccc(Cl)cc23)cc1. The van der Waals surface area contributed by atoms with E-state index in [0.29, 0.717) is 5.02 Å². The third kappa shape index (κ3) is 3.27. The van der Waals surface area contributed by atoms with Crippen LogP contribution >= 0.6 is 11.6 Å². The van der Waals surface area contributed by atoms with Gasteiger partial charge in [-0.2, -0.15) is 0 Å². The van der Waals surface area contributed by atoms with Crippen molar-refractivity contribution in [2.75, 3.05) is 0 Å². The second-order valence-electron chi connectivity index (χ2n) is 7.39. The standard InChI is InChI=1S/C27H19ClOS/c1-18-11-14-21(15-12-18)30(29)27-25-17-20(28)13-16-23(25)22-9-5-6-10-24(22)26(27)19-7-3-2-4-8-19/h2-17H,1H3. The Morgan fingerprint density at radius 3 is 2.03 bits per heavy atom. The summed E-state index contributed by atoms with van der Waals surface area (Å²) in [6, 6.07) is 32.3. The molecule has 1 nitrogen and oxygen atoms in total. The predicted octanol–water partition coefficient (Wildman–Crippen LogP) is 7.79. The number of fused-ring (bicyclic) bond motifs is 3. The van der Waals surface area contributed by atoms with Gasteiger partial charge in [-0.15, -0.1) is 0 Å². The van der Waals surface area contributed by atoms with Crippen molar-refractivity contribution in [2.24, 2.45) is 0 Å². The Hall–Kier alpha value is -2.78. The molecule has 0 aliphatic heterocycles. The molecule has 0 radical (unpaired) electrons. The second kappa shape index (κ2) is 7.81. The highest BCUT2D eigenvalue weighted by atomic mass is 35.5. The van der Waals surface area contributed by atoms with Gasteiger partial charge in [-0.05, 0) is 52.9 Å². The average molecular weight is 427 g/mol. The number of hydrogen-bond acceptors (Lipinski definition) is 1. The molecular formula is C27H19ClOS. The van der Waals surface area contributed by atoms with E-state index in [9.17, 15) is 4.55 Å². The van der Waals surface area contributed by atoms with Crippen LogP contribution in [0.3, 0.4) is 0 Å². The van der Waals surface area contributed by atoms with Gasteiger partial charge in [0.1, 0.15) is 0 Å². The number of benzene rings is 5. The maximum Gasteiger partial charge on any atom is 0.174 e. The lowest BCUT2D eigenvalue weighted by Crippen LogP contribution is -2.06. The van der Waals surface area contributed by atoms with Crippen LogP contribution in [0.15, 0.2) is 107 Å². The van der Waals surface area contributed by atoms with Crippen molar-refractivity contribution in [1.29, 1.82) is 0 Å². The summed E-state index contributed by atoms with van der Waals surface area (Å²) in [5.41, 5.74) is 3.19. The maximum atomic E-state index is 14.0. The first kappa shape index (κ1) is 19.2. The number of halogens is 1. The van der Waals surface area contributed by atoms with Crippen molar-refractivity contribution in [1.82, 2.24) is 0 Å². The van der Waals surface area contributed by atoms with Gasteiger partial charge in [0.05, 0.1) is 0 Å². The van der Waals surface area contributed by atoms with Gasteiger partial charge >= 0.3 is 0 Å². The molecule has 30 heavy (non-hydrogen) atoms. The quantitative estimate of drug-likeness (QED) is 0.213. The molecule has 0 saturated heterocycles. The smallest absolute Gasteiger partial charge is 0.174 e. The summed E-state index contributed by atoms with van der Waals surface area (Å²) >= 11 is 5.05. The molecular weight excluding hydrogens is 408 g/mol. The van der Waals surface area contributed by atoms with E-state index < -0.39 is 11.2 Å². The molecule has 0 aromatic heterocycles. The summed E-state index contributed by atoms with van der Waals surface area (Å²) in [4.78, 5) is 1.59. The molecule has 3 heteroatoms. The number of rotatable bonds is 3. The van der Waals surface area contributed by atoms with E-state index in [2.05, 4.69) is 24.3 Å².